The molecule has 1 aromatic rings. The molecule has 176 valence electrons. The van der Waals surface area contributed by atoms with E-state index < -0.39 is 30.2 Å². The van der Waals surface area contributed by atoms with Crippen LogP contribution in [0.2, 0.25) is 0 Å². The van der Waals surface area contributed by atoms with Gasteiger partial charge in [0.25, 0.3) is 5.91 Å². The smallest absolute Gasteiger partial charge is 0.419 e. The van der Waals surface area contributed by atoms with Gasteiger partial charge in [-0.15, -0.1) is 0 Å². The lowest BCUT2D eigenvalue weighted by molar-refractivity contribution is -0.177. The first-order valence-electron chi connectivity index (χ1n) is 11.1. The van der Waals surface area contributed by atoms with Gasteiger partial charge in [0.1, 0.15) is 6.04 Å². The fourth-order valence-electron chi connectivity index (χ4n) is 4.08. The zero-order valence-electron chi connectivity index (χ0n) is 19.4. The fraction of sp³-hybridized carbons (Fsp3) is 0.609. The van der Waals surface area contributed by atoms with Crippen LogP contribution in [-0.2, 0) is 14.4 Å². The molecule has 0 saturated carbocycles. The number of benzene rings is 1. The van der Waals surface area contributed by atoms with E-state index in [0.717, 1.165) is 36.0 Å². The van der Waals surface area contributed by atoms with Crippen LogP contribution in [0.25, 0.3) is 0 Å². The minimum atomic E-state index is -1.18. The van der Waals surface area contributed by atoms with Crippen molar-refractivity contribution in [2.75, 3.05) is 40.3 Å². The average molecular weight is 447 g/mol. The normalized spacial score (nSPS) is 23.0. The molecule has 3 rings (SSSR count). The SMILES string of the molecule is CON(C)C(=O)C1OC(=O)N(C(=O)NCCCN2CCC(C)(C)CC2)C1c1ccccc1. The number of carbonyl (C=O) groups is 3. The molecule has 9 nitrogen and oxygen atoms in total. The summed E-state index contributed by atoms with van der Waals surface area (Å²) >= 11 is 0. The van der Waals surface area contributed by atoms with Crippen LogP contribution in [0.15, 0.2) is 30.3 Å². The van der Waals surface area contributed by atoms with E-state index >= 15 is 0 Å². The molecule has 2 saturated heterocycles. The van der Waals surface area contributed by atoms with Gasteiger partial charge in [-0.3, -0.25) is 9.63 Å². The summed E-state index contributed by atoms with van der Waals surface area (Å²) in [5.41, 5.74) is 1.03. The number of hydrogen-bond acceptors (Lipinski definition) is 6. The molecule has 2 fully saturated rings. The van der Waals surface area contributed by atoms with Crippen molar-refractivity contribution < 1.29 is 24.0 Å². The fourth-order valence-corrected chi connectivity index (χ4v) is 4.08. The molecule has 32 heavy (non-hydrogen) atoms. The van der Waals surface area contributed by atoms with Crippen LogP contribution >= 0.6 is 0 Å². The predicted molar refractivity (Wildman–Crippen MR) is 119 cm³/mol. The monoisotopic (exact) mass is 446 g/mol. The van der Waals surface area contributed by atoms with Gasteiger partial charge in [0.05, 0.1) is 7.11 Å². The third-order valence-corrected chi connectivity index (χ3v) is 6.31. The zero-order valence-corrected chi connectivity index (χ0v) is 19.4. The number of likely N-dealkylation sites (tertiary alicyclic amines) is 1. The Balaban J connectivity index is 1.62. The second-order valence-electron chi connectivity index (χ2n) is 9.14. The first-order valence-corrected chi connectivity index (χ1v) is 11.1. The van der Waals surface area contributed by atoms with Crippen molar-refractivity contribution in [1.29, 1.82) is 0 Å². The number of amides is 4. The van der Waals surface area contributed by atoms with E-state index in [9.17, 15) is 14.4 Å². The summed E-state index contributed by atoms with van der Waals surface area (Å²) in [7, 11) is 2.78. The molecule has 2 atom stereocenters. The third kappa shape index (κ3) is 5.58. The van der Waals surface area contributed by atoms with Gasteiger partial charge in [0, 0.05) is 13.6 Å². The molecule has 1 aromatic carbocycles. The predicted octanol–water partition coefficient (Wildman–Crippen LogP) is 2.79. The van der Waals surface area contributed by atoms with Gasteiger partial charge in [0.2, 0.25) is 6.10 Å². The van der Waals surface area contributed by atoms with Crippen molar-refractivity contribution in [3.05, 3.63) is 35.9 Å². The van der Waals surface area contributed by atoms with E-state index in [2.05, 4.69) is 24.1 Å². The molecule has 0 aromatic heterocycles. The zero-order chi connectivity index (χ0) is 23.3. The lowest BCUT2D eigenvalue weighted by Gasteiger charge is -2.36. The van der Waals surface area contributed by atoms with E-state index in [1.807, 2.05) is 6.07 Å². The number of carbonyl (C=O) groups excluding carboxylic acids is 3. The van der Waals surface area contributed by atoms with Crippen LogP contribution < -0.4 is 5.32 Å². The standard InChI is InChI=1S/C23H34N4O5/c1-23(2)11-15-26(16-12-23)14-8-13-24-21(29)27-18(17-9-6-5-7-10-17)19(32-22(27)30)20(28)25(3)31-4/h5-7,9-10,18-19H,8,11-16H2,1-4H3,(H,24,29). The number of nitrogens with zero attached hydrogens (tertiary/aromatic N) is 3. The van der Waals surface area contributed by atoms with Gasteiger partial charge in [-0.05, 0) is 49.9 Å². The molecule has 2 heterocycles. The summed E-state index contributed by atoms with van der Waals surface area (Å²) in [4.78, 5) is 46.6. The molecular weight excluding hydrogens is 412 g/mol. The Morgan fingerprint density at radius 2 is 1.88 bits per heavy atom. The van der Waals surface area contributed by atoms with Gasteiger partial charge < -0.3 is 15.0 Å². The summed E-state index contributed by atoms with van der Waals surface area (Å²) in [6, 6.07) is 7.48. The molecule has 0 aliphatic carbocycles. The molecule has 1 N–H and O–H groups in total. The van der Waals surface area contributed by atoms with Gasteiger partial charge in [-0.2, -0.15) is 0 Å². The van der Waals surface area contributed by atoms with Crippen molar-refractivity contribution in [2.45, 2.75) is 45.3 Å². The number of urea groups is 1. The van der Waals surface area contributed by atoms with Gasteiger partial charge >= 0.3 is 12.1 Å². The summed E-state index contributed by atoms with van der Waals surface area (Å²) in [6.45, 7) is 8.04. The van der Waals surface area contributed by atoms with E-state index in [1.54, 1.807) is 24.3 Å². The van der Waals surface area contributed by atoms with Crippen LogP contribution in [0.3, 0.4) is 0 Å². The number of hydrogen-bond donors (Lipinski definition) is 1. The number of hydroxylamine groups is 2. The van der Waals surface area contributed by atoms with Crippen LogP contribution in [-0.4, -0.2) is 79.3 Å². The number of rotatable bonds is 7. The van der Waals surface area contributed by atoms with Crippen LogP contribution in [0.1, 0.15) is 44.7 Å². The Hall–Kier alpha value is -2.65. The van der Waals surface area contributed by atoms with Gasteiger partial charge in [-0.25, -0.2) is 19.6 Å². The average Bonchev–Trinajstić information content (AvgIpc) is 3.14. The van der Waals surface area contributed by atoms with Crippen LogP contribution in [0.5, 0.6) is 0 Å². The maximum absolute atomic E-state index is 12.9. The molecule has 2 aliphatic rings. The maximum atomic E-state index is 12.9. The van der Waals surface area contributed by atoms with E-state index in [-0.39, 0.29) is 0 Å². The van der Waals surface area contributed by atoms with Crippen molar-refractivity contribution in [2.24, 2.45) is 5.41 Å². The van der Waals surface area contributed by atoms with E-state index in [0.29, 0.717) is 17.5 Å². The first kappa shape index (κ1) is 24.0. The molecule has 9 heteroatoms. The molecular formula is C23H34N4O5. The van der Waals surface area contributed by atoms with Crippen molar-refractivity contribution in [3.63, 3.8) is 0 Å². The number of piperidine rings is 1. The topological polar surface area (TPSA) is 91.4 Å². The second kappa shape index (κ2) is 10.3. The van der Waals surface area contributed by atoms with E-state index in [1.165, 1.54) is 27.0 Å². The van der Waals surface area contributed by atoms with Gasteiger partial charge in [-0.1, -0.05) is 44.2 Å². The Morgan fingerprint density at radius 3 is 2.50 bits per heavy atom. The molecule has 2 aliphatic heterocycles. The quantitative estimate of drug-likeness (QED) is 0.512. The molecule has 0 bridgehead atoms. The minimum Gasteiger partial charge on any atom is -0.433 e. The Morgan fingerprint density at radius 1 is 1.22 bits per heavy atom. The van der Waals surface area contributed by atoms with Crippen LogP contribution in [0, 0.1) is 5.41 Å². The molecule has 2 unspecified atom stereocenters. The number of cyclic esters (lactones) is 1. The third-order valence-electron chi connectivity index (χ3n) is 6.31. The minimum absolute atomic E-state index is 0.401. The summed E-state index contributed by atoms with van der Waals surface area (Å²) < 4.78 is 5.31. The number of nitrogens with one attached hydrogen (secondary N) is 1. The highest BCUT2D eigenvalue weighted by Gasteiger charge is 2.50. The molecule has 0 radical (unpaired) electrons. The lowest BCUT2D eigenvalue weighted by Crippen LogP contribution is -2.45. The van der Waals surface area contributed by atoms with E-state index in [4.69, 9.17) is 9.57 Å². The summed E-state index contributed by atoms with van der Waals surface area (Å²) in [6.07, 6.45) is 1.08. The first-order chi connectivity index (χ1) is 15.2. The van der Waals surface area contributed by atoms with Crippen LogP contribution in [0.4, 0.5) is 9.59 Å². The lowest BCUT2D eigenvalue weighted by atomic mass is 9.83. The number of imide groups is 1. The number of ether oxygens (including phenoxy) is 1. The van der Waals surface area contributed by atoms with Gasteiger partial charge in [0.15, 0.2) is 0 Å². The summed E-state index contributed by atoms with van der Waals surface area (Å²) in [5.74, 6) is -0.543. The number of likely N-dealkylation sites (N-methyl/N-ethyl adjacent to an activating group) is 1. The van der Waals surface area contributed by atoms with Crippen molar-refractivity contribution >= 4 is 18.0 Å². The molecule has 0 spiro atoms. The summed E-state index contributed by atoms with van der Waals surface area (Å²) in [5, 5.41) is 3.81. The Kier molecular flexibility index (Phi) is 7.73. The van der Waals surface area contributed by atoms with Crippen molar-refractivity contribution in [1.82, 2.24) is 20.2 Å². The molecule has 4 amide bonds. The Bertz CT molecular complexity index is 806. The Labute approximate surface area is 189 Å². The van der Waals surface area contributed by atoms with Crippen molar-refractivity contribution in [3.8, 4) is 0 Å². The highest BCUT2D eigenvalue weighted by Crippen LogP contribution is 2.34. The highest BCUT2D eigenvalue weighted by molar-refractivity contribution is 5.97. The maximum Gasteiger partial charge on any atom is 0.419 e. The highest BCUT2D eigenvalue weighted by atomic mass is 16.7. The second-order valence-corrected chi connectivity index (χ2v) is 9.14. The largest absolute Gasteiger partial charge is 0.433 e.